The van der Waals surface area contributed by atoms with Crippen LogP contribution in [0.2, 0.25) is 0 Å². The van der Waals surface area contributed by atoms with Crippen molar-refractivity contribution in [1.29, 1.82) is 0 Å². The monoisotopic (exact) mass is 321 g/mol. The van der Waals surface area contributed by atoms with E-state index in [0.29, 0.717) is 11.7 Å². The summed E-state index contributed by atoms with van der Waals surface area (Å²) in [6.07, 6.45) is 3.99. The number of rotatable bonds is 3. The number of nitrogens with zero attached hydrogens (tertiary/aromatic N) is 3. The number of aryl methyl sites for hydroxylation is 1. The minimum atomic E-state index is 0.0780. The first-order valence-electron chi connectivity index (χ1n) is 6.55. The number of amides is 1. The summed E-state index contributed by atoms with van der Waals surface area (Å²) in [5.74, 6) is 0.0780. The molecule has 0 aromatic carbocycles. The van der Waals surface area contributed by atoms with Gasteiger partial charge in [0.05, 0.1) is 9.99 Å². The molecule has 0 spiro atoms. The van der Waals surface area contributed by atoms with Crippen LogP contribution in [-0.4, -0.2) is 33.4 Å². The Hall–Kier alpha value is -1.36. The lowest BCUT2D eigenvalue weighted by Gasteiger charge is -2.17. The first kappa shape index (κ1) is 12.7. The molecular formula is C14H16BrN3O. The van der Waals surface area contributed by atoms with Gasteiger partial charge in [-0.25, -0.2) is 0 Å². The smallest absolute Gasteiger partial charge is 0.271 e. The predicted molar refractivity (Wildman–Crippen MR) is 78.2 cm³/mol. The van der Waals surface area contributed by atoms with E-state index in [1.165, 1.54) is 0 Å². The second-order valence-electron chi connectivity index (χ2n) is 4.93. The maximum atomic E-state index is 12.6. The Morgan fingerprint density at radius 1 is 1.58 bits per heavy atom. The Labute approximate surface area is 120 Å². The van der Waals surface area contributed by atoms with Crippen molar-refractivity contribution in [1.82, 2.24) is 14.5 Å². The quantitative estimate of drug-likeness (QED) is 0.871. The Kier molecular flexibility index (Phi) is 3.09. The summed E-state index contributed by atoms with van der Waals surface area (Å²) in [6.45, 7) is 2.81. The second-order valence-corrected chi connectivity index (χ2v) is 5.72. The average molecular weight is 322 g/mol. The van der Waals surface area contributed by atoms with Gasteiger partial charge in [0.15, 0.2) is 0 Å². The summed E-state index contributed by atoms with van der Waals surface area (Å²) in [7, 11) is 1.89. The molecule has 2 aromatic rings. The molecule has 2 heterocycles. The highest BCUT2D eigenvalue weighted by atomic mass is 79.9. The predicted octanol–water partition coefficient (Wildman–Crippen LogP) is 3.05. The van der Waals surface area contributed by atoms with Crippen LogP contribution in [0.15, 0.2) is 22.8 Å². The van der Waals surface area contributed by atoms with E-state index in [9.17, 15) is 4.79 Å². The van der Waals surface area contributed by atoms with Crippen LogP contribution in [0.5, 0.6) is 0 Å². The minimum absolute atomic E-state index is 0.0780. The number of pyridine rings is 1. The molecule has 0 atom stereocenters. The SMILES string of the molecule is CCn1c(C(=O)N(C)C2CC2)c(Br)c2ncccc21. The van der Waals surface area contributed by atoms with Crippen molar-refractivity contribution in [3.8, 4) is 0 Å². The molecule has 1 fully saturated rings. The van der Waals surface area contributed by atoms with Crippen molar-refractivity contribution in [2.45, 2.75) is 32.4 Å². The maximum absolute atomic E-state index is 12.6. The average Bonchev–Trinajstić information content (AvgIpc) is 3.23. The highest BCUT2D eigenvalue weighted by Gasteiger charge is 2.33. The first-order chi connectivity index (χ1) is 9.15. The summed E-state index contributed by atoms with van der Waals surface area (Å²) in [5, 5.41) is 0. The van der Waals surface area contributed by atoms with Crippen LogP contribution in [0, 0.1) is 0 Å². The van der Waals surface area contributed by atoms with Crippen LogP contribution in [0.1, 0.15) is 30.3 Å². The molecule has 1 amide bonds. The fourth-order valence-corrected chi connectivity index (χ4v) is 3.16. The van der Waals surface area contributed by atoms with Crippen LogP contribution < -0.4 is 0 Å². The molecule has 100 valence electrons. The van der Waals surface area contributed by atoms with Gasteiger partial charge in [-0.3, -0.25) is 9.78 Å². The topological polar surface area (TPSA) is 38.1 Å². The number of fused-ring (bicyclic) bond motifs is 1. The molecule has 2 aromatic heterocycles. The number of hydrogen-bond donors (Lipinski definition) is 0. The van der Waals surface area contributed by atoms with Crippen molar-refractivity contribution in [2.75, 3.05) is 7.05 Å². The molecule has 5 heteroatoms. The van der Waals surface area contributed by atoms with Gasteiger partial charge in [-0.2, -0.15) is 0 Å². The molecular weight excluding hydrogens is 306 g/mol. The number of hydrogen-bond acceptors (Lipinski definition) is 2. The maximum Gasteiger partial charge on any atom is 0.271 e. The summed E-state index contributed by atoms with van der Waals surface area (Å²) >= 11 is 3.55. The van der Waals surface area contributed by atoms with Crippen molar-refractivity contribution in [3.63, 3.8) is 0 Å². The summed E-state index contributed by atoms with van der Waals surface area (Å²) in [6, 6.07) is 4.32. The fourth-order valence-electron chi connectivity index (χ4n) is 2.47. The van der Waals surface area contributed by atoms with E-state index < -0.39 is 0 Å². The van der Waals surface area contributed by atoms with Crippen LogP contribution in [-0.2, 0) is 6.54 Å². The highest BCUT2D eigenvalue weighted by Crippen LogP contribution is 2.33. The van der Waals surface area contributed by atoms with Crippen LogP contribution >= 0.6 is 15.9 Å². The van der Waals surface area contributed by atoms with Gasteiger partial charge in [0.1, 0.15) is 11.2 Å². The van der Waals surface area contributed by atoms with Crippen LogP contribution in [0.3, 0.4) is 0 Å². The zero-order chi connectivity index (χ0) is 13.6. The van der Waals surface area contributed by atoms with Crippen molar-refractivity contribution < 1.29 is 4.79 Å². The molecule has 1 aliphatic carbocycles. The lowest BCUT2D eigenvalue weighted by atomic mass is 10.3. The Balaban J connectivity index is 2.16. The number of carbonyl (C=O) groups is 1. The van der Waals surface area contributed by atoms with Gasteiger partial charge in [0, 0.05) is 25.8 Å². The van der Waals surface area contributed by atoms with Crippen molar-refractivity contribution >= 4 is 32.9 Å². The van der Waals surface area contributed by atoms with Crippen LogP contribution in [0.25, 0.3) is 11.0 Å². The molecule has 19 heavy (non-hydrogen) atoms. The lowest BCUT2D eigenvalue weighted by Crippen LogP contribution is -2.30. The third-order valence-corrected chi connectivity index (χ3v) is 4.45. The molecule has 1 saturated carbocycles. The van der Waals surface area contributed by atoms with E-state index in [1.807, 2.05) is 35.6 Å². The third-order valence-electron chi connectivity index (χ3n) is 3.70. The lowest BCUT2D eigenvalue weighted by molar-refractivity contribution is 0.0774. The van der Waals surface area contributed by atoms with E-state index in [4.69, 9.17) is 0 Å². The normalized spacial score (nSPS) is 14.9. The summed E-state index contributed by atoms with van der Waals surface area (Å²) in [4.78, 5) is 18.9. The van der Waals surface area contributed by atoms with E-state index in [0.717, 1.165) is 34.9 Å². The van der Waals surface area contributed by atoms with Gasteiger partial charge in [-0.15, -0.1) is 0 Å². The van der Waals surface area contributed by atoms with Gasteiger partial charge in [0.25, 0.3) is 5.91 Å². The fraction of sp³-hybridized carbons (Fsp3) is 0.429. The van der Waals surface area contributed by atoms with Crippen LogP contribution in [0.4, 0.5) is 0 Å². The molecule has 0 radical (unpaired) electrons. The zero-order valence-electron chi connectivity index (χ0n) is 11.1. The van der Waals surface area contributed by atoms with E-state index in [1.54, 1.807) is 6.20 Å². The number of carbonyl (C=O) groups excluding carboxylic acids is 1. The second kappa shape index (κ2) is 4.63. The largest absolute Gasteiger partial charge is 0.337 e. The number of aromatic nitrogens is 2. The van der Waals surface area contributed by atoms with E-state index >= 15 is 0 Å². The Bertz CT molecular complexity index is 645. The van der Waals surface area contributed by atoms with Gasteiger partial charge >= 0.3 is 0 Å². The molecule has 0 saturated heterocycles. The molecule has 1 aliphatic rings. The molecule has 0 bridgehead atoms. The number of halogens is 1. The van der Waals surface area contributed by atoms with Crippen molar-refractivity contribution in [2.24, 2.45) is 0 Å². The molecule has 0 N–H and O–H groups in total. The van der Waals surface area contributed by atoms with E-state index in [-0.39, 0.29) is 5.91 Å². The van der Waals surface area contributed by atoms with Gasteiger partial charge in [0.2, 0.25) is 0 Å². The van der Waals surface area contributed by atoms with Gasteiger partial charge < -0.3 is 9.47 Å². The Morgan fingerprint density at radius 3 is 2.95 bits per heavy atom. The van der Waals surface area contributed by atoms with E-state index in [2.05, 4.69) is 20.9 Å². The summed E-state index contributed by atoms with van der Waals surface area (Å²) in [5.41, 5.74) is 2.58. The highest BCUT2D eigenvalue weighted by molar-refractivity contribution is 9.10. The molecule has 3 rings (SSSR count). The minimum Gasteiger partial charge on any atom is -0.337 e. The van der Waals surface area contributed by atoms with Crippen molar-refractivity contribution in [3.05, 3.63) is 28.5 Å². The first-order valence-corrected chi connectivity index (χ1v) is 7.34. The van der Waals surface area contributed by atoms with Gasteiger partial charge in [-0.1, -0.05) is 0 Å². The Morgan fingerprint density at radius 2 is 2.32 bits per heavy atom. The summed E-state index contributed by atoms with van der Waals surface area (Å²) < 4.78 is 2.84. The third kappa shape index (κ3) is 1.96. The molecule has 0 unspecified atom stereocenters. The molecule has 4 nitrogen and oxygen atoms in total. The van der Waals surface area contributed by atoms with Gasteiger partial charge in [-0.05, 0) is 47.8 Å². The molecule has 0 aliphatic heterocycles. The zero-order valence-corrected chi connectivity index (χ0v) is 12.6. The standard InChI is InChI=1S/C14H16BrN3O/c1-3-18-10-5-4-8-16-12(10)11(15)13(18)14(19)17(2)9-6-7-9/h4-5,8-9H,3,6-7H2,1-2H3.